The molecule has 1 fully saturated rings. The molecule has 44 heavy (non-hydrogen) atoms. The number of aryl methyl sites for hydroxylation is 2. The highest BCUT2D eigenvalue weighted by atomic mass is 31.2. The summed E-state index contributed by atoms with van der Waals surface area (Å²) in [6, 6.07) is 6.79. The fraction of sp³-hybridized carbons (Fsp3) is 0.606. The van der Waals surface area contributed by atoms with Crippen LogP contribution in [0.5, 0.6) is 11.5 Å². The molecule has 1 saturated carbocycles. The van der Waals surface area contributed by atoms with E-state index in [9.17, 15) is 29.0 Å². The molecule has 0 spiro atoms. The lowest BCUT2D eigenvalue weighted by atomic mass is 9.86. The first-order chi connectivity index (χ1) is 20.2. The lowest BCUT2D eigenvalue weighted by Crippen LogP contribution is -2.48. The number of nitrogens with zero attached hydrogens (tertiary/aromatic N) is 1. The van der Waals surface area contributed by atoms with E-state index < -0.39 is 48.9 Å². The molecule has 11 heteroatoms. The van der Waals surface area contributed by atoms with E-state index in [1.165, 1.54) is 6.42 Å². The van der Waals surface area contributed by atoms with Crippen LogP contribution in [-0.4, -0.2) is 50.4 Å². The Labute approximate surface area is 260 Å². The summed E-state index contributed by atoms with van der Waals surface area (Å²) in [5.41, 5.74) is 2.16. The standard InChI is InChI=1S/C33H48NO9P/c1-21-16-25(17-22(2)26(21)18-24-14-15-27(35)28(34-24)23-12-10-9-11-13-23)43-33(44(38,39)40,19-41-29(36)31(3,4)5)20-42-30(37)32(6,7)8/h14-17,23,35H,9-13,18-20H2,1-8H3,(H2,38,39,40). The smallest absolute Gasteiger partial charge is 0.376 e. The number of pyridine rings is 1. The van der Waals surface area contributed by atoms with Crippen LogP contribution in [0.3, 0.4) is 0 Å². The van der Waals surface area contributed by atoms with E-state index in [1.807, 2.05) is 13.8 Å². The Balaban J connectivity index is 1.95. The Kier molecular flexibility index (Phi) is 11.0. The lowest BCUT2D eigenvalue weighted by Gasteiger charge is -2.35. The van der Waals surface area contributed by atoms with Crippen molar-refractivity contribution in [2.45, 2.75) is 105 Å². The third kappa shape index (κ3) is 8.83. The minimum atomic E-state index is -5.22. The van der Waals surface area contributed by atoms with Gasteiger partial charge < -0.3 is 29.1 Å². The van der Waals surface area contributed by atoms with Crippen LogP contribution in [-0.2, 0) is 30.0 Å². The molecule has 3 N–H and O–H groups in total. The summed E-state index contributed by atoms with van der Waals surface area (Å²) in [6.07, 6.45) is 5.93. The van der Waals surface area contributed by atoms with Gasteiger partial charge in [-0.05, 0) is 109 Å². The first-order valence-corrected chi connectivity index (χ1v) is 16.7. The molecule has 1 aliphatic carbocycles. The van der Waals surface area contributed by atoms with E-state index >= 15 is 0 Å². The highest BCUT2D eigenvalue weighted by molar-refractivity contribution is 7.53. The number of rotatable bonds is 10. The zero-order valence-electron chi connectivity index (χ0n) is 27.2. The zero-order valence-corrected chi connectivity index (χ0v) is 28.1. The van der Waals surface area contributed by atoms with Crippen LogP contribution in [0.25, 0.3) is 0 Å². The maximum atomic E-state index is 13.0. The molecular weight excluding hydrogens is 585 g/mol. The third-order valence-electron chi connectivity index (χ3n) is 7.90. The van der Waals surface area contributed by atoms with Crippen molar-refractivity contribution in [2.75, 3.05) is 13.2 Å². The maximum absolute atomic E-state index is 13.0. The molecule has 0 aliphatic heterocycles. The van der Waals surface area contributed by atoms with E-state index in [0.29, 0.717) is 6.42 Å². The largest absolute Gasteiger partial charge is 0.506 e. The van der Waals surface area contributed by atoms with Gasteiger partial charge in [0.25, 0.3) is 5.34 Å². The highest BCUT2D eigenvalue weighted by Gasteiger charge is 2.53. The number of hydrogen-bond donors (Lipinski definition) is 3. The number of hydrogen-bond acceptors (Lipinski definition) is 8. The number of carbonyl (C=O) groups is 2. The van der Waals surface area contributed by atoms with Gasteiger partial charge in [-0.15, -0.1) is 0 Å². The Morgan fingerprint density at radius 1 is 0.886 bits per heavy atom. The Morgan fingerprint density at radius 3 is 1.84 bits per heavy atom. The summed E-state index contributed by atoms with van der Waals surface area (Å²) in [5, 5.41) is 8.03. The molecule has 10 nitrogen and oxygen atoms in total. The second kappa shape index (κ2) is 13.6. The van der Waals surface area contributed by atoms with Crippen molar-refractivity contribution in [3.63, 3.8) is 0 Å². The van der Waals surface area contributed by atoms with Gasteiger partial charge in [0, 0.05) is 18.0 Å². The predicted molar refractivity (Wildman–Crippen MR) is 167 cm³/mol. The van der Waals surface area contributed by atoms with Gasteiger partial charge in [0.05, 0.1) is 16.5 Å². The van der Waals surface area contributed by atoms with Gasteiger partial charge in [-0.2, -0.15) is 0 Å². The van der Waals surface area contributed by atoms with Crippen molar-refractivity contribution in [2.24, 2.45) is 10.8 Å². The molecule has 0 saturated heterocycles. The number of benzene rings is 1. The number of aromatic nitrogens is 1. The summed E-state index contributed by atoms with van der Waals surface area (Å²) in [7, 11) is -5.22. The number of ether oxygens (including phenoxy) is 3. The van der Waals surface area contributed by atoms with Gasteiger partial charge in [-0.25, -0.2) is 0 Å². The van der Waals surface area contributed by atoms with Gasteiger partial charge in [0.1, 0.15) is 24.7 Å². The Bertz CT molecular complexity index is 1340. The second-order valence-corrected chi connectivity index (χ2v) is 15.9. The number of carbonyl (C=O) groups excluding carboxylic acids is 2. The van der Waals surface area contributed by atoms with E-state index in [4.69, 9.17) is 19.2 Å². The van der Waals surface area contributed by atoms with Gasteiger partial charge in [-0.1, -0.05) is 19.3 Å². The average molecular weight is 634 g/mol. The van der Waals surface area contributed by atoms with Gasteiger partial charge in [0.15, 0.2) is 0 Å². The molecule has 0 radical (unpaired) electrons. The van der Waals surface area contributed by atoms with Crippen LogP contribution in [0.4, 0.5) is 0 Å². The quantitative estimate of drug-likeness (QED) is 0.196. The van der Waals surface area contributed by atoms with Crippen LogP contribution >= 0.6 is 7.60 Å². The summed E-state index contributed by atoms with van der Waals surface area (Å²) >= 11 is 0. The molecule has 1 heterocycles. The molecule has 244 valence electrons. The van der Waals surface area contributed by atoms with E-state index in [2.05, 4.69) is 0 Å². The zero-order chi connectivity index (χ0) is 33.1. The van der Waals surface area contributed by atoms with Gasteiger partial charge in [-0.3, -0.25) is 19.1 Å². The Hall–Kier alpha value is -2.94. The predicted octanol–water partition coefficient (Wildman–Crippen LogP) is 6.47. The molecule has 1 aromatic carbocycles. The fourth-order valence-electron chi connectivity index (χ4n) is 5.09. The molecule has 0 amide bonds. The third-order valence-corrected chi connectivity index (χ3v) is 9.31. The summed E-state index contributed by atoms with van der Waals surface area (Å²) in [5.74, 6) is -0.823. The first kappa shape index (κ1) is 35.5. The van der Waals surface area contributed by atoms with Crippen LogP contribution in [0.15, 0.2) is 24.3 Å². The molecule has 0 atom stereocenters. The molecule has 2 aromatic rings. The summed E-state index contributed by atoms with van der Waals surface area (Å²) in [6.45, 7) is 11.7. The lowest BCUT2D eigenvalue weighted by molar-refractivity contribution is -0.164. The van der Waals surface area contributed by atoms with E-state index in [-0.39, 0.29) is 17.4 Å². The fourth-order valence-corrected chi connectivity index (χ4v) is 5.78. The highest BCUT2D eigenvalue weighted by Crippen LogP contribution is 2.52. The van der Waals surface area contributed by atoms with E-state index in [0.717, 1.165) is 53.8 Å². The van der Waals surface area contributed by atoms with Crippen LogP contribution in [0.1, 0.15) is 108 Å². The average Bonchev–Trinajstić information content (AvgIpc) is 2.91. The SMILES string of the molecule is Cc1cc(OC(COC(=O)C(C)(C)C)(COC(=O)C(C)(C)C)P(=O)(O)O)cc(C)c1Cc1ccc(O)c(C2CCCCC2)n1. The normalized spacial score (nSPS) is 15.1. The van der Waals surface area contributed by atoms with Crippen molar-refractivity contribution in [3.8, 4) is 11.5 Å². The molecule has 1 aromatic heterocycles. The van der Waals surface area contributed by atoms with Crippen molar-refractivity contribution in [1.82, 2.24) is 4.98 Å². The number of aromatic hydroxyl groups is 1. The summed E-state index contributed by atoms with van der Waals surface area (Å²) < 4.78 is 29.7. The molecular formula is C33H48NO9P. The van der Waals surface area contributed by atoms with Crippen LogP contribution in [0, 0.1) is 24.7 Å². The van der Waals surface area contributed by atoms with Crippen LogP contribution in [0.2, 0.25) is 0 Å². The monoisotopic (exact) mass is 633 g/mol. The molecule has 1 aliphatic rings. The molecule has 0 bridgehead atoms. The minimum absolute atomic E-state index is 0.118. The minimum Gasteiger partial charge on any atom is -0.506 e. The van der Waals surface area contributed by atoms with Crippen molar-refractivity contribution in [3.05, 3.63) is 52.3 Å². The van der Waals surface area contributed by atoms with Gasteiger partial charge in [0.2, 0.25) is 0 Å². The first-order valence-electron chi connectivity index (χ1n) is 15.1. The summed E-state index contributed by atoms with van der Waals surface area (Å²) in [4.78, 5) is 51.1. The Morgan fingerprint density at radius 2 is 1.39 bits per heavy atom. The van der Waals surface area contributed by atoms with Gasteiger partial charge >= 0.3 is 19.5 Å². The van der Waals surface area contributed by atoms with Crippen molar-refractivity contribution in [1.29, 1.82) is 0 Å². The van der Waals surface area contributed by atoms with Crippen molar-refractivity contribution >= 4 is 19.5 Å². The van der Waals surface area contributed by atoms with Crippen LogP contribution < -0.4 is 4.74 Å². The molecule has 3 rings (SSSR count). The molecule has 0 unspecified atom stereocenters. The van der Waals surface area contributed by atoms with Crippen molar-refractivity contribution < 1.29 is 43.3 Å². The maximum Gasteiger partial charge on any atom is 0.376 e. The number of esters is 2. The van der Waals surface area contributed by atoms with E-state index in [1.54, 1.807) is 65.8 Å². The second-order valence-electron chi connectivity index (χ2n) is 14.0. The topological polar surface area (TPSA) is 152 Å².